The number of hydrogen-bond donors (Lipinski definition) is 2. The lowest BCUT2D eigenvalue weighted by molar-refractivity contribution is 0.0460. The Balaban J connectivity index is 1.88. The average Bonchev–Trinajstić information content (AvgIpc) is 3.03. The van der Waals surface area contributed by atoms with Crippen LogP contribution in [0.4, 0.5) is 4.79 Å². The first-order valence-corrected chi connectivity index (χ1v) is 7.23. The van der Waals surface area contributed by atoms with Crippen molar-refractivity contribution in [2.45, 2.75) is 12.5 Å². The summed E-state index contributed by atoms with van der Waals surface area (Å²) < 4.78 is 6.91. The zero-order valence-corrected chi connectivity index (χ0v) is 11.6. The molecule has 1 atom stereocenters. The second-order valence-corrected chi connectivity index (χ2v) is 5.69. The summed E-state index contributed by atoms with van der Waals surface area (Å²) in [5.74, 6) is 5.22. The van der Waals surface area contributed by atoms with Crippen molar-refractivity contribution in [1.29, 1.82) is 0 Å². The van der Waals surface area contributed by atoms with Gasteiger partial charge in [-0.25, -0.2) is 15.6 Å². The van der Waals surface area contributed by atoms with Crippen LogP contribution in [0.2, 0.25) is 0 Å². The van der Waals surface area contributed by atoms with Gasteiger partial charge in [0.2, 0.25) is 5.88 Å². The molecule has 0 unspecified atom stereocenters. The molecule has 0 aliphatic carbocycles. The number of hydrogen-bond acceptors (Lipinski definition) is 6. The van der Waals surface area contributed by atoms with Crippen molar-refractivity contribution in [2.24, 2.45) is 5.84 Å². The number of carbonyl (C=O) groups excluding carboxylic acids is 2. The van der Waals surface area contributed by atoms with Crippen LogP contribution >= 0.6 is 11.3 Å². The average molecular weight is 305 g/mol. The second kappa shape index (κ2) is 4.30. The molecule has 9 heteroatoms. The van der Waals surface area contributed by atoms with Gasteiger partial charge in [0.1, 0.15) is 16.9 Å². The maximum atomic E-state index is 12.5. The summed E-state index contributed by atoms with van der Waals surface area (Å²) in [6.07, 6.45) is 1.59. The summed E-state index contributed by atoms with van der Waals surface area (Å²) in [5.41, 5.74) is 3.38. The second-order valence-electron chi connectivity index (χ2n) is 4.78. The molecule has 0 radical (unpaired) electrons. The van der Waals surface area contributed by atoms with Crippen LogP contribution in [0.25, 0.3) is 5.69 Å². The van der Waals surface area contributed by atoms with Gasteiger partial charge in [0.05, 0.1) is 11.7 Å². The fraction of sp³-hybridized carbons (Fsp3) is 0.250. The van der Waals surface area contributed by atoms with Crippen LogP contribution in [0.5, 0.6) is 5.88 Å². The van der Waals surface area contributed by atoms with Gasteiger partial charge in [0.25, 0.3) is 5.91 Å². The topological polar surface area (TPSA) is 102 Å². The van der Waals surface area contributed by atoms with Gasteiger partial charge in [-0.15, -0.1) is 11.3 Å². The maximum Gasteiger partial charge on any atom is 0.428 e. The van der Waals surface area contributed by atoms with Gasteiger partial charge in [0.15, 0.2) is 0 Å². The lowest BCUT2D eigenvalue weighted by atomic mass is 10.00. The molecule has 2 aliphatic rings. The number of nitrogens with two attached hydrogens (primary N) is 1. The third kappa shape index (κ3) is 1.61. The number of fused-ring (bicyclic) bond motifs is 5. The Morgan fingerprint density at radius 3 is 3.14 bits per heavy atom. The molecule has 1 saturated heterocycles. The summed E-state index contributed by atoms with van der Waals surface area (Å²) in [7, 11) is 0. The molecule has 4 heterocycles. The van der Waals surface area contributed by atoms with Gasteiger partial charge in [0, 0.05) is 6.54 Å². The maximum absolute atomic E-state index is 12.5. The van der Waals surface area contributed by atoms with Gasteiger partial charge in [-0.2, -0.15) is 0 Å². The molecule has 21 heavy (non-hydrogen) atoms. The molecule has 0 spiro atoms. The van der Waals surface area contributed by atoms with Crippen LogP contribution < -0.4 is 16.0 Å². The van der Waals surface area contributed by atoms with Crippen molar-refractivity contribution in [2.75, 3.05) is 6.54 Å². The highest BCUT2D eigenvalue weighted by Gasteiger charge is 2.42. The Morgan fingerprint density at radius 2 is 2.43 bits per heavy atom. The largest absolute Gasteiger partial charge is 0.428 e. The van der Waals surface area contributed by atoms with E-state index < -0.39 is 6.09 Å². The minimum absolute atomic E-state index is 0.00850. The summed E-state index contributed by atoms with van der Waals surface area (Å²) in [6.45, 7) is 0.689. The molecular formula is C12H11N5O3S. The molecule has 108 valence electrons. The van der Waals surface area contributed by atoms with Crippen molar-refractivity contribution in [3.05, 3.63) is 28.3 Å². The molecular weight excluding hydrogens is 294 g/mol. The molecule has 1 fully saturated rings. The highest BCUT2D eigenvalue weighted by Crippen LogP contribution is 2.44. The van der Waals surface area contributed by atoms with Gasteiger partial charge in [-0.05, 0) is 17.9 Å². The monoisotopic (exact) mass is 305 g/mol. The van der Waals surface area contributed by atoms with E-state index in [1.807, 2.05) is 21.4 Å². The van der Waals surface area contributed by atoms with E-state index in [-0.39, 0.29) is 17.8 Å². The molecule has 0 aromatic carbocycles. The van der Waals surface area contributed by atoms with E-state index in [4.69, 9.17) is 10.6 Å². The summed E-state index contributed by atoms with van der Waals surface area (Å²) >= 11 is 1.40. The molecule has 2 aromatic rings. The predicted molar refractivity (Wildman–Crippen MR) is 73.2 cm³/mol. The number of ether oxygens (including phenoxy) is 1. The number of imidazole rings is 1. The molecule has 3 N–H and O–H groups in total. The Hall–Kier alpha value is -2.39. The van der Waals surface area contributed by atoms with Gasteiger partial charge >= 0.3 is 6.09 Å². The Labute approximate surface area is 123 Å². The molecule has 0 bridgehead atoms. The molecule has 0 saturated carbocycles. The Bertz CT molecular complexity index is 752. The van der Waals surface area contributed by atoms with E-state index >= 15 is 0 Å². The van der Waals surface area contributed by atoms with E-state index in [0.717, 1.165) is 12.1 Å². The summed E-state index contributed by atoms with van der Waals surface area (Å²) in [4.78, 5) is 30.4. The third-order valence-corrected chi connectivity index (χ3v) is 4.66. The minimum atomic E-state index is -0.788. The van der Waals surface area contributed by atoms with E-state index in [0.29, 0.717) is 17.1 Å². The predicted octanol–water partition coefficient (Wildman–Crippen LogP) is 0.796. The molecule has 4 rings (SSSR count). The number of amides is 2. The fourth-order valence-electron chi connectivity index (χ4n) is 2.73. The van der Waals surface area contributed by atoms with E-state index in [1.165, 1.54) is 11.3 Å². The fourth-order valence-corrected chi connectivity index (χ4v) is 3.57. The smallest absolute Gasteiger partial charge is 0.388 e. The number of nitrogens with one attached hydrogen (secondary N) is 1. The molecule has 2 amide bonds. The summed E-state index contributed by atoms with van der Waals surface area (Å²) in [6, 6.07) is 1.74. The van der Waals surface area contributed by atoms with E-state index in [9.17, 15) is 9.59 Å². The molecule has 2 aliphatic heterocycles. The normalized spacial score (nSPS) is 19.0. The van der Waals surface area contributed by atoms with Crippen molar-refractivity contribution in [1.82, 2.24) is 19.9 Å². The van der Waals surface area contributed by atoms with Crippen LogP contribution in [0.3, 0.4) is 0 Å². The Kier molecular flexibility index (Phi) is 2.53. The first-order valence-electron chi connectivity index (χ1n) is 6.35. The first kappa shape index (κ1) is 12.4. The highest BCUT2D eigenvalue weighted by atomic mass is 32.1. The molecule has 8 nitrogen and oxygen atoms in total. The lowest BCUT2D eigenvalue weighted by Crippen LogP contribution is -2.44. The quantitative estimate of drug-likeness (QED) is 0.461. The minimum Gasteiger partial charge on any atom is -0.388 e. The first-order chi connectivity index (χ1) is 10.2. The number of aromatic nitrogens is 2. The van der Waals surface area contributed by atoms with Gasteiger partial charge in [-0.1, -0.05) is 0 Å². The highest BCUT2D eigenvalue weighted by molar-refractivity contribution is 7.12. The number of thiophene rings is 1. The van der Waals surface area contributed by atoms with Gasteiger partial charge in [-0.3, -0.25) is 14.8 Å². The van der Waals surface area contributed by atoms with Crippen LogP contribution in [-0.4, -0.2) is 33.0 Å². The third-order valence-electron chi connectivity index (χ3n) is 3.77. The molecule has 2 aromatic heterocycles. The zero-order valence-electron chi connectivity index (χ0n) is 10.8. The summed E-state index contributed by atoms with van der Waals surface area (Å²) in [5, 5.41) is 1.86. The number of nitrogens with zero attached hydrogens (tertiary/aromatic N) is 3. The van der Waals surface area contributed by atoms with Crippen LogP contribution in [0, 0.1) is 0 Å². The van der Waals surface area contributed by atoms with Crippen LogP contribution in [0.15, 0.2) is 17.8 Å². The number of rotatable bonds is 1. The van der Waals surface area contributed by atoms with Crippen LogP contribution in [0.1, 0.15) is 27.8 Å². The van der Waals surface area contributed by atoms with Crippen molar-refractivity contribution in [3.8, 4) is 11.6 Å². The van der Waals surface area contributed by atoms with E-state index in [2.05, 4.69) is 4.98 Å². The van der Waals surface area contributed by atoms with E-state index in [1.54, 1.807) is 11.2 Å². The zero-order chi connectivity index (χ0) is 14.6. The van der Waals surface area contributed by atoms with Crippen molar-refractivity contribution < 1.29 is 14.3 Å². The van der Waals surface area contributed by atoms with Gasteiger partial charge < -0.3 is 9.64 Å². The SMILES string of the molecule is NNC(=O)Oc1ncn2c1[C@@H]1CCN1C(=O)c1sccc1-2. The number of carbonyl (C=O) groups is 2. The Morgan fingerprint density at radius 1 is 1.57 bits per heavy atom. The van der Waals surface area contributed by atoms with Crippen LogP contribution in [-0.2, 0) is 0 Å². The van der Waals surface area contributed by atoms with Crippen molar-refractivity contribution in [3.63, 3.8) is 0 Å². The standard InChI is InChI=1S/C12H11N5O3S/c13-15-12(19)20-10-8-6-1-3-16(6)11(18)9-7(2-4-21-9)17(8)5-14-10/h2,4-6H,1,3,13H2,(H,15,19)/t6-/m0/s1. The van der Waals surface area contributed by atoms with Crippen molar-refractivity contribution >= 4 is 23.3 Å². The number of hydrazine groups is 1. The lowest BCUT2D eigenvalue weighted by Gasteiger charge is -2.39.